The Labute approximate surface area is 150 Å². The Kier molecular flexibility index (Phi) is 4.78. The van der Waals surface area contributed by atoms with Crippen LogP contribution in [0.1, 0.15) is 15.2 Å². The van der Waals surface area contributed by atoms with Crippen molar-refractivity contribution in [1.29, 1.82) is 0 Å². The molecule has 0 aliphatic rings. The number of carbonyl (C=O) groups excluding carboxylic acids is 1. The van der Waals surface area contributed by atoms with E-state index in [1.165, 1.54) is 23.7 Å². The van der Waals surface area contributed by atoms with Crippen LogP contribution in [0.2, 0.25) is 5.15 Å². The lowest BCUT2D eigenvalue weighted by Crippen LogP contribution is -2.13. The molecule has 0 radical (unpaired) electrons. The Morgan fingerprint density at radius 3 is 2.48 bits per heavy atom. The number of amides is 1. The number of hydrogen-bond acceptors (Lipinski definition) is 3. The van der Waals surface area contributed by atoms with Gasteiger partial charge in [-0.15, -0.1) is 11.3 Å². The molecule has 25 heavy (non-hydrogen) atoms. The molecular weight excluding hydrogens is 373 g/mol. The van der Waals surface area contributed by atoms with Crippen LogP contribution in [-0.2, 0) is 6.18 Å². The Morgan fingerprint density at radius 1 is 1.12 bits per heavy atom. The SMILES string of the molecule is O=C(Nc1csc(C(F)(F)F)c1-c1ccccc1)c1cccnc1Cl. The highest BCUT2D eigenvalue weighted by Crippen LogP contribution is 2.45. The molecule has 128 valence electrons. The lowest BCUT2D eigenvalue weighted by atomic mass is 10.0. The maximum Gasteiger partial charge on any atom is 0.426 e. The van der Waals surface area contributed by atoms with E-state index >= 15 is 0 Å². The van der Waals surface area contributed by atoms with Crippen molar-refractivity contribution in [1.82, 2.24) is 4.98 Å². The highest BCUT2D eigenvalue weighted by molar-refractivity contribution is 7.11. The van der Waals surface area contributed by atoms with E-state index in [1.807, 2.05) is 0 Å². The maximum atomic E-state index is 13.3. The molecule has 0 bridgehead atoms. The van der Waals surface area contributed by atoms with Gasteiger partial charge in [0.15, 0.2) is 0 Å². The van der Waals surface area contributed by atoms with E-state index < -0.39 is 17.0 Å². The summed E-state index contributed by atoms with van der Waals surface area (Å²) in [6.45, 7) is 0. The topological polar surface area (TPSA) is 42.0 Å². The van der Waals surface area contributed by atoms with Gasteiger partial charge >= 0.3 is 6.18 Å². The summed E-state index contributed by atoms with van der Waals surface area (Å²) >= 11 is 6.40. The number of thiophene rings is 1. The van der Waals surface area contributed by atoms with E-state index in [1.54, 1.807) is 30.3 Å². The number of pyridine rings is 1. The zero-order valence-corrected chi connectivity index (χ0v) is 14.0. The third-order valence-corrected chi connectivity index (χ3v) is 4.69. The first-order chi connectivity index (χ1) is 11.9. The lowest BCUT2D eigenvalue weighted by Gasteiger charge is -2.11. The Morgan fingerprint density at radius 2 is 1.84 bits per heavy atom. The Bertz CT molecular complexity index is 910. The van der Waals surface area contributed by atoms with Gasteiger partial charge in [0.2, 0.25) is 0 Å². The van der Waals surface area contributed by atoms with Crippen LogP contribution in [0.5, 0.6) is 0 Å². The maximum absolute atomic E-state index is 13.3. The molecule has 0 aliphatic heterocycles. The molecule has 1 N–H and O–H groups in total. The number of aromatic nitrogens is 1. The van der Waals surface area contributed by atoms with Gasteiger partial charge in [0.25, 0.3) is 5.91 Å². The quantitative estimate of drug-likeness (QED) is 0.587. The molecule has 3 nitrogen and oxygen atoms in total. The van der Waals surface area contributed by atoms with Crippen molar-refractivity contribution in [3.05, 3.63) is 69.6 Å². The number of benzene rings is 1. The van der Waals surface area contributed by atoms with Gasteiger partial charge in [0, 0.05) is 17.1 Å². The first-order valence-electron chi connectivity index (χ1n) is 7.04. The summed E-state index contributed by atoms with van der Waals surface area (Å²) in [5.41, 5.74) is 0.464. The van der Waals surface area contributed by atoms with Crippen LogP contribution in [-0.4, -0.2) is 10.9 Å². The van der Waals surface area contributed by atoms with Crippen molar-refractivity contribution in [2.24, 2.45) is 0 Å². The summed E-state index contributed by atoms with van der Waals surface area (Å²) < 4.78 is 40.0. The van der Waals surface area contributed by atoms with Crippen molar-refractivity contribution in [2.75, 3.05) is 5.32 Å². The molecule has 2 aromatic heterocycles. The number of halogens is 4. The number of rotatable bonds is 3. The smallest absolute Gasteiger partial charge is 0.321 e. The fourth-order valence-corrected chi connectivity index (χ4v) is 3.39. The van der Waals surface area contributed by atoms with Gasteiger partial charge in [-0.05, 0) is 17.7 Å². The Hall–Kier alpha value is -2.38. The van der Waals surface area contributed by atoms with E-state index in [2.05, 4.69) is 10.3 Å². The zero-order chi connectivity index (χ0) is 18.0. The van der Waals surface area contributed by atoms with Crippen molar-refractivity contribution >= 4 is 34.5 Å². The minimum atomic E-state index is -4.52. The second-order valence-electron chi connectivity index (χ2n) is 5.01. The van der Waals surface area contributed by atoms with Crippen LogP contribution >= 0.6 is 22.9 Å². The summed E-state index contributed by atoms with van der Waals surface area (Å²) in [5.74, 6) is -0.623. The van der Waals surface area contributed by atoms with Crippen LogP contribution in [0.4, 0.5) is 18.9 Å². The minimum Gasteiger partial charge on any atom is -0.321 e. The number of hydrogen-bond donors (Lipinski definition) is 1. The van der Waals surface area contributed by atoms with Gasteiger partial charge in [-0.3, -0.25) is 4.79 Å². The van der Waals surface area contributed by atoms with Crippen LogP contribution in [0.3, 0.4) is 0 Å². The normalized spacial score (nSPS) is 11.4. The number of alkyl halides is 3. The monoisotopic (exact) mass is 382 g/mol. The summed E-state index contributed by atoms with van der Waals surface area (Å²) in [6.07, 6.45) is -3.11. The van der Waals surface area contributed by atoms with Gasteiger partial charge in [0.05, 0.1) is 11.3 Å². The van der Waals surface area contributed by atoms with Crippen LogP contribution < -0.4 is 5.32 Å². The lowest BCUT2D eigenvalue weighted by molar-refractivity contribution is -0.133. The fourth-order valence-electron chi connectivity index (χ4n) is 2.30. The van der Waals surface area contributed by atoms with Crippen LogP contribution in [0.25, 0.3) is 11.1 Å². The summed E-state index contributed by atoms with van der Waals surface area (Å²) in [4.78, 5) is 15.4. The average molecular weight is 383 g/mol. The summed E-state index contributed by atoms with van der Waals surface area (Å²) in [6, 6.07) is 11.1. The Balaban J connectivity index is 2.04. The number of nitrogens with zero attached hydrogens (tertiary/aromatic N) is 1. The van der Waals surface area contributed by atoms with Crippen LogP contribution in [0, 0.1) is 0 Å². The highest BCUT2D eigenvalue weighted by Gasteiger charge is 2.37. The molecule has 1 aromatic carbocycles. The molecule has 0 aliphatic carbocycles. The molecule has 3 rings (SSSR count). The first-order valence-corrected chi connectivity index (χ1v) is 8.29. The largest absolute Gasteiger partial charge is 0.426 e. The van der Waals surface area contributed by atoms with E-state index in [4.69, 9.17) is 11.6 Å². The molecule has 3 aromatic rings. The molecule has 0 unspecified atom stereocenters. The predicted octanol–water partition coefficient (Wildman–Crippen LogP) is 5.73. The summed E-state index contributed by atoms with van der Waals surface area (Å²) in [5, 5.41) is 3.76. The van der Waals surface area contributed by atoms with Crippen LogP contribution in [0.15, 0.2) is 54.0 Å². The molecule has 0 fully saturated rings. The van der Waals surface area contributed by atoms with Crippen molar-refractivity contribution in [3.63, 3.8) is 0 Å². The molecule has 0 atom stereocenters. The van der Waals surface area contributed by atoms with Gasteiger partial charge in [0.1, 0.15) is 10.0 Å². The molecule has 0 saturated carbocycles. The molecule has 8 heteroatoms. The molecule has 0 spiro atoms. The van der Waals surface area contributed by atoms with E-state index in [0.717, 1.165) is 0 Å². The third-order valence-electron chi connectivity index (χ3n) is 3.36. The van der Waals surface area contributed by atoms with E-state index in [9.17, 15) is 18.0 Å². The predicted molar refractivity (Wildman–Crippen MR) is 92.0 cm³/mol. The molecule has 1 amide bonds. The third kappa shape index (κ3) is 3.67. The molecule has 0 saturated heterocycles. The van der Waals surface area contributed by atoms with Gasteiger partial charge in [-0.2, -0.15) is 13.2 Å². The minimum absolute atomic E-state index is 0.0208. The van der Waals surface area contributed by atoms with Crippen molar-refractivity contribution < 1.29 is 18.0 Å². The summed E-state index contributed by atoms with van der Waals surface area (Å²) in [7, 11) is 0. The molecule has 2 heterocycles. The number of carbonyl (C=O) groups is 1. The van der Waals surface area contributed by atoms with E-state index in [-0.39, 0.29) is 22.0 Å². The van der Waals surface area contributed by atoms with Crippen molar-refractivity contribution in [2.45, 2.75) is 6.18 Å². The van der Waals surface area contributed by atoms with E-state index in [0.29, 0.717) is 16.9 Å². The first kappa shape index (κ1) is 17.4. The second kappa shape index (κ2) is 6.85. The number of anilines is 1. The fraction of sp³-hybridized carbons (Fsp3) is 0.0588. The standard InChI is InChI=1S/C17H10ClF3N2OS/c18-15-11(7-4-8-22-15)16(24)23-12-9-25-14(17(19,20)21)13(12)10-5-2-1-3-6-10/h1-9H,(H,23,24). The zero-order valence-electron chi connectivity index (χ0n) is 12.5. The second-order valence-corrected chi connectivity index (χ2v) is 6.25. The van der Waals surface area contributed by atoms with Gasteiger partial charge < -0.3 is 5.32 Å². The van der Waals surface area contributed by atoms with Crippen molar-refractivity contribution in [3.8, 4) is 11.1 Å². The highest BCUT2D eigenvalue weighted by atomic mass is 35.5. The molecular formula is C17H10ClF3N2OS. The average Bonchev–Trinajstić information content (AvgIpc) is 3.00. The van der Waals surface area contributed by atoms with Gasteiger partial charge in [-0.25, -0.2) is 4.98 Å². The van der Waals surface area contributed by atoms with Gasteiger partial charge in [-0.1, -0.05) is 41.9 Å². The number of nitrogens with one attached hydrogen (secondary N) is 1.